The molecule has 0 rings (SSSR count). The van der Waals surface area contributed by atoms with Gasteiger partial charge in [-0.25, -0.2) is 10.1 Å². The third kappa shape index (κ3) is 4.59. The summed E-state index contributed by atoms with van der Waals surface area (Å²) in [6.07, 6.45) is -0.239. The van der Waals surface area contributed by atoms with Crippen molar-refractivity contribution >= 4 is 5.97 Å². The smallest absolute Gasteiger partial charge is 0.317 e. The van der Waals surface area contributed by atoms with Gasteiger partial charge in [-0.05, 0) is 5.92 Å². The molecule has 0 radical (unpaired) electrons. The van der Waals surface area contributed by atoms with Crippen molar-refractivity contribution < 1.29 is 14.5 Å². The summed E-state index contributed by atoms with van der Waals surface area (Å²) in [5.41, 5.74) is 0. The van der Waals surface area contributed by atoms with Crippen molar-refractivity contribution in [3.63, 3.8) is 0 Å². The maximum absolute atomic E-state index is 10.2. The molecule has 5 nitrogen and oxygen atoms in total. The fourth-order valence-electron chi connectivity index (χ4n) is 0.248. The molecule has 0 spiro atoms. The molecule has 0 saturated heterocycles. The number of nitrogens with zero attached hydrogens (tertiary/aromatic N) is 1. The van der Waals surface area contributed by atoms with Gasteiger partial charge in [0.05, 0.1) is 7.11 Å². The summed E-state index contributed by atoms with van der Waals surface area (Å²) in [5.74, 6) is 1.44. The third-order valence-corrected chi connectivity index (χ3v) is 0.631. The van der Waals surface area contributed by atoms with Gasteiger partial charge in [0.25, 0.3) is 6.04 Å². The highest BCUT2D eigenvalue weighted by atomic mass is 16.6. The number of esters is 1. The van der Waals surface area contributed by atoms with Crippen LogP contribution in [-0.4, -0.2) is 18.0 Å². The Labute approximate surface area is 57.1 Å². The van der Waals surface area contributed by atoms with E-state index in [2.05, 4.69) is 4.74 Å². The number of ether oxygens (including phenoxy) is 1. The van der Waals surface area contributed by atoms with Crippen molar-refractivity contribution in [2.45, 2.75) is 6.42 Å². The first kappa shape index (κ1) is 8.43. The van der Waals surface area contributed by atoms with Gasteiger partial charge in [-0.1, -0.05) is 0 Å². The van der Waals surface area contributed by atoms with Crippen molar-refractivity contribution in [3.05, 3.63) is 10.1 Å². The lowest BCUT2D eigenvalue weighted by molar-refractivity contribution is -0.379. The van der Waals surface area contributed by atoms with Crippen LogP contribution < -0.4 is 0 Å². The van der Waals surface area contributed by atoms with Crippen LogP contribution in [0.2, 0.25) is 0 Å². The number of nitro groups is 1. The molecule has 0 aliphatic rings. The molecule has 0 aliphatic heterocycles. The van der Waals surface area contributed by atoms with Gasteiger partial charge in [-0.3, -0.25) is 4.79 Å². The number of carbonyl (C=O) groups excluding carboxylic acids is 1. The van der Waals surface area contributed by atoms with Gasteiger partial charge in [0.1, 0.15) is 11.3 Å². The lowest BCUT2D eigenvalue weighted by Gasteiger charge is -1.87. The van der Waals surface area contributed by atoms with E-state index in [1.165, 1.54) is 7.11 Å². The largest absolute Gasteiger partial charge is 0.468 e. The minimum atomic E-state index is -0.817. The first-order valence-electron chi connectivity index (χ1n) is 2.36. The van der Waals surface area contributed by atoms with Crippen LogP contribution in [0.4, 0.5) is 0 Å². The van der Waals surface area contributed by atoms with Gasteiger partial charge in [0.15, 0.2) is 0 Å². The van der Waals surface area contributed by atoms with Crippen molar-refractivity contribution in [2.24, 2.45) is 0 Å². The molecule has 0 aromatic rings. The second-order valence-corrected chi connectivity index (χ2v) is 1.30. The summed E-state index contributed by atoms with van der Waals surface area (Å²) in [4.78, 5) is 19.0. The Bertz CT molecular complexity index is 199. The van der Waals surface area contributed by atoms with E-state index in [9.17, 15) is 14.9 Å². The standard InChI is InChI=1S/C5H5NO4/c1-10-5(7)3-2-4-6(8)9/h3H2,1H3. The van der Waals surface area contributed by atoms with E-state index >= 15 is 0 Å². The monoisotopic (exact) mass is 143 g/mol. The van der Waals surface area contributed by atoms with Gasteiger partial charge >= 0.3 is 5.97 Å². The average molecular weight is 143 g/mol. The first-order valence-corrected chi connectivity index (χ1v) is 2.36. The van der Waals surface area contributed by atoms with Gasteiger partial charge in [-0.2, -0.15) is 0 Å². The molecule has 0 heterocycles. The SMILES string of the molecule is COC(=O)CC#C[N+](=O)[O-]. The van der Waals surface area contributed by atoms with Crippen molar-refractivity contribution in [1.82, 2.24) is 0 Å². The van der Waals surface area contributed by atoms with Crippen LogP contribution in [-0.2, 0) is 9.53 Å². The van der Waals surface area contributed by atoms with E-state index in [4.69, 9.17) is 0 Å². The van der Waals surface area contributed by atoms with Crippen LogP contribution in [0.3, 0.4) is 0 Å². The highest BCUT2D eigenvalue weighted by Gasteiger charge is 1.94. The van der Waals surface area contributed by atoms with Crippen LogP contribution >= 0.6 is 0 Å². The minimum absolute atomic E-state index is 0.239. The van der Waals surface area contributed by atoms with E-state index in [0.717, 1.165) is 0 Å². The van der Waals surface area contributed by atoms with Gasteiger partial charge < -0.3 is 4.74 Å². The topological polar surface area (TPSA) is 69.4 Å². The predicted octanol–water partition coefficient (Wildman–Crippen LogP) is -0.213. The van der Waals surface area contributed by atoms with E-state index < -0.39 is 10.9 Å². The zero-order valence-electron chi connectivity index (χ0n) is 5.29. The summed E-state index contributed by atoms with van der Waals surface area (Å²) >= 11 is 0. The Morgan fingerprint density at radius 3 is 2.80 bits per heavy atom. The van der Waals surface area contributed by atoms with Crippen molar-refractivity contribution in [1.29, 1.82) is 0 Å². The fourth-order valence-corrected chi connectivity index (χ4v) is 0.248. The molecule has 0 bridgehead atoms. The Morgan fingerprint density at radius 2 is 2.40 bits per heavy atom. The van der Waals surface area contributed by atoms with E-state index in [0.29, 0.717) is 0 Å². The minimum Gasteiger partial charge on any atom is -0.468 e. The highest BCUT2D eigenvalue weighted by Crippen LogP contribution is 1.79. The highest BCUT2D eigenvalue weighted by molar-refractivity contribution is 5.71. The first-order chi connectivity index (χ1) is 4.66. The van der Waals surface area contributed by atoms with Crippen LogP contribution in [0.15, 0.2) is 0 Å². The molecule has 10 heavy (non-hydrogen) atoms. The molecular formula is C5H5NO4. The molecule has 0 aromatic heterocycles. The maximum atomic E-state index is 10.2. The fraction of sp³-hybridized carbons (Fsp3) is 0.400. The molecule has 0 saturated carbocycles. The molecule has 0 aromatic carbocycles. The van der Waals surface area contributed by atoms with Crippen LogP contribution in [0, 0.1) is 22.1 Å². The molecule has 0 unspecified atom stereocenters. The molecule has 54 valence electrons. The van der Waals surface area contributed by atoms with Gasteiger partial charge in [0.2, 0.25) is 0 Å². The lowest BCUT2D eigenvalue weighted by Crippen LogP contribution is -1.97. The van der Waals surface area contributed by atoms with Crippen molar-refractivity contribution in [2.75, 3.05) is 7.11 Å². The van der Waals surface area contributed by atoms with Crippen LogP contribution in [0.25, 0.3) is 0 Å². The molecular weight excluding hydrogens is 138 g/mol. The van der Waals surface area contributed by atoms with Crippen LogP contribution in [0.1, 0.15) is 6.42 Å². The number of carbonyl (C=O) groups is 1. The second kappa shape index (κ2) is 4.32. The molecule has 5 heteroatoms. The Balaban J connectivity index is 3.66. The quantitative estimate of drug-likeness (QED) is 0.167. The average Bonchev–Trinajstić information content (AvgIpc) is 1.87. The second-order valence-electron chi connectivity index (χ2n) is 1.30. The maximum Gasteiger partial charge on any atom is 0.317 e. The third-order valence-electron chi connectivity index (χ3n) is 0.631. The van der Waals surface area contributed by atoms with E-state index in [-0.39, 0.29) is 6.42 Å². The number of hydrogen-bond acceptors (Lipinski definition) is 4. The molecule has 0 atom stereocenters. The predicted molar refractivity (Wildman–Crippen MR) is 31.4 cm³/mol. The zero-order chi connectivity index (χ0) is 7.98. The number of rotatable bonds is 1. The Hall–Kier alpha value is -1.57. The summed E-state index contributed by atoms with van der Waals surface area (Å²) in [6.45, 7) is 0. The summed E-state index contributed by atoms with van der Waals surface area (Å²) in [5, 5.41) is 9.55. The lowest BCUT2D eigenvalue weighted by atomic mass is 10.5. The summed E-state index contributed by atoms with van der Waals surface area (Å²) in [6, 6.07) is 1.58. The summed E-state index contributed by atoms with van der Waals surface area (Å²) < 4.78 is 4.17. The molecule has 0 fully saturated rings. The zero-order valence-corrected chi connectivity index (χ0v) is 5.29. The normalized spacial score (nSPS) is 7.30. The number of methoxy groups -OCH3 is 1. The Morgan fingerprint density at radius 1 is 1.80 bits per heavy atom. The molecule has 0 N–H and O–H groups in total. The molecule has 0 amide bonds. The van der Waals surface area contributed by atoms with Crippen LogP contribution in [0.5, 0.6) is 0 Å². The number of hydrogen-bond donors (Lipinski definition) is 0. The van der Waals surface area contributed by atoms with Gasteiger partial charge in [-0.15, -0.1) is 0 Å². The van der Waals surface area contributed by atoms with Gasteiger partial charge in [0, 0.05) is 0 Å². The van der Waals surface area contributed by atoms with Crippen molar-refractivity contribution in [3.8, 4) is 12.0 Å². The molecule has 0 aliphatic carbocycles. The Kier molecular flexibility index (Phi) is 3.64. The summed E-state index contributed by atoms with van der Waals surface area (Å²) in [7, 11) is 1.19. The van der Waals surface area contributed by atoms with E-state index in [1.807, 2.05) is 5.92 Å². The van der Waals surface area contributed by atoms with E-state index in [1.54, 1.807) is 6.04 Å².